The molecule has 2 aromatic rings. The first-order valence-corrected chi connectivity index (χ1v) is 20.7. The molecule has 0 spiro atoms. The highest BCUT2D eigenvalue weighted by atomic mass is 31.3. The van der Waals surface area contributed by atoms with Crippen LogP contribution >= 0.6 is 23.5 Å². The lowest BCUT2D eigenvalue weighted by atomic mass is 9.87. The number of nitrogens with one attached hydrogen (secondary N) is 2. The number of hydrogen-bond acceptors (Lipinski definition) is 20. The SMILES string of the molecule is CC(C)(COP(=O)(O)OP(=O)(O)OCC1OC(n2cnc3c(N)ncnc32)C(O)C1OP(=O)(O)O)C(O)C(=O)NCCC(=O)NCCC(=O)CC(O)(O)CC(=O)O. The molecular formula is C26H42N7O21P3. The van der Waals surface area contributed by atoms with Crippen LogP contribution in [0.25, 0.3) is 11.2 Å². The Balaban J connectivity index is 1.49. The molecule has 3 rings (SSSR count). The average Bonchev–Trinajstić information content (AvgIpc) is 3.61. The number of amides is 2. The van der Waals surface area contributed by atoms with Gasteiger partial charge in [-0.25, -0.2) is 28.6 Å². The molecule has 2 aromatic heterocycles. The lowest BCUT2D eigenvalue weighted by Crippen LogP contribution is -2.46. The number of carboxylic acid groups (broad SMARTS) is 1. The highest BCUT2D eigenvalue weighted by Gasteiger charge is 2.50. The van der Waals surface area contributed by atoms with Crippen LogP contribution in [-0.4, -0.2) is 145 Å². The van der Waals surface area contributed by atoms with Gasteiger partial charge in [0.05, 0.1) is 32.4 Å². The fourth-order valence-corrected chi connectivity index (χ4v) is 7.82. The van der Waals surface area contributed by atoms with Crippen molar-refractivity contribution in [3.8, 4) is 0 Å². The molecule has 0 radical (unpaired) electrons. The summed E-state index contributed by atoms with van der Waals surface area (Å²) >= 11 is 0. The van der Waals surface area contributed by atoms with Crippen LogP contribution in [0.3, 0.4) is 0 Å². The van der Waals surface area contributed by atoms with Gasteiger partial charge in [0.2, 0.25) is 11.8 Å². The van der Waals surface area contributed by atoms with Crippen molar-refractivity contribution in [2.24, 2.45) is 5.41 Å². The Kier molecular flexibility index (Phi) is 16.1. The fourth-order valence-electron chi connectivity index (χ4n) is 4.99. The van der Waals surface area contributed by atoms with Gasteiger partial charge in [-0.15, -0.1) is 0 Å². The van der Waals surface area contributed by atoms with Gasteiger partial charge >= 0.3 is 29.4 Å². The number of imidazole rings is 1. The number of aromatic nitrogens is 4. The van der Waals surface area contributed by atoms with Crippen LogP contribution in [0.15, 0.2) is 12.7 Å². The molecular weight excluding hydrogens is 839 g/mol. The van der Waals surface area contributed by atoms with E-state index in [1.54, 1.807) is 0 Å². The molecule has 0 aliphatic carbocycles. The molecule has 1 fully saturated rings. The van der Waals surface area contributed by atoms with E-state index in [1.807, 2.05) is 0 Å². The zero-order valence-electron chi connectivity index (χ0n) is 29.8. The van der Waals surface area contributed by atoms with Gasteiger partial charge in [0.25, 0.3) is 0 Å². The molecule has 7 atom stereocenters. The minimum absolute atomic E-state index is 0.00716. The van der Waals surface area contributed by atoms with Crippen molar-refractivity contribution in [1.82, 2.24) is 30.2 Å². The summed E-state index contributed by atoms with van der Waals surface area (Å²) in [6.45, 7) is -0.355. The van der Waals surface area contributed by atoms with Crippen molar-refractivity contribution in [3.05, 3.63) is 12.7 Å². The average molecular weight is 882 g/mol. The molecule has 57 heavy (non-hydrogen) atoms. The summed E-state index contributed by atoms with van der Waals surface area (Å²) in [5.74, 6) is -6.88. The van der Waals surface area contributed by atoms with E-state index >= 15 is 0 Å². The third-order valence-corrected chi connectivity index (χ3v) is 10.8. The molecule has 0 aromatic carbocycles. The second-order valence-corrected chi connectivity index (χ2v) is 17.3. The fraction of sp³-hybridized carbons (Fsp3) is 0.654. The number of aliphatic hydroxyl groups is 4. The number of anilines is 1. The number of fused-ring (bicyclic) bond motifs is 1. The van der Waals surface area contributed by atoms with E-state index in [2.05, 4.69) is 34.4 Å². The van der Waals surface area contributed by atoms with E-state index < -0.39 is 115 Å². The van der Waals surface area contributed by atoms with E-state index in [0.717, 1.165) is 17.2 Å². The third-order valence-electron chi connectivity index (χ3n) is 7.72. The van der Waals surface area contributed by atoms with Gasteiger partial charge in [-0.3, -0.25) is 37.3 Å². The monoisotopic (exact) mass is 881 g/mol. The van der Waals surface area contributed by atoms with Gasteiger partial charge in [-0.05, 0) is 0 Å². The lowest BCUT2D eigenvalue weighted by molar-refractivity contribution is -0.185. The smallest absolute Gasteiger partial charge is 0.481 e. The zero-order chi connectivity index (χ0) is 43.1. The van der Waals surface area contributed by atoms with Crippen LogP contribution in [0.4, 0.5) is 5.82 Å². The summed E-state index contributed by atoms with van der Waals surface area (Å²) < 4.78 is 61.8. The van der Waals surface area contributed by atoms with Crippen molar-refractivity contribution >= 4 is 64.0 Å². The van der Waals surface area contributed by atoms with Crippen molar-refractivity contribution in [1.29, 1.82) is 0 Å². The number of hydrogen-bond donors (Lipinski definition) is 12. The van der Waals surface area contributed by atoms with E-state index in [-0.39, 0.29) is 42.9 Å². The van der Waals surface area contributed by atoms with Gasteiger partial charge in [0.1, 0.15) is 42.0 Å². The number of Topliss-reactive ketones (excluding diaryl/α,β-unsaturated/α-hetero) is 1. The number of carboxylic acids is 1. The first-order valence-electron chi connectivity index (χ1n) is 16.2. The number of aliphatic carboxylic acids is 1. The molecule has 1 aliphatic rings. The normalized spacial score (nSPS) is 21.7. The van der Waals surface area contributed by atoms with Gasteiger partial charge in [0.15, 0.2) is 23.5 Å². The second kappa shape index (κ2) is 19.1. The number of nitrogen functional groups attached to an aromatic ring is 1. The Morgan fingerprint density at radius 2 is 1.61 bits per heavy atom. The molecule has 7 unspecified atom stereocenters. The highest BCUT2D eigenvalue weighted by molar-refractivity contribution is 7.61. The van der Waals surface area contributed by atoms with Gasteiger partial charge in [-0.2, -0.15) is 4.31 Å². The summed E-state index contributed by atoms with van der Waals surface area (Å²) in [6.07, 6.45) is -9.71. The first-order chi connectivity index (χ1) is 26.1. The lowest BCUT2D eigenvalue weighted by Gasteiger charge is -2.30. The third kappa shape index (κ3) is 14.7. The Bertz CT molecular complexity index is 1920. The number of nitrogens with zero attached hydrogens (tertiary/aromatic N) is 4. The Morgan fingerprint density at radius 3 is 2.25 bits per heavy atom. The van der Waals surface area contributed by atoms with E-state index in [1.165, 1.54) is 13.8 Å². The van der Waals surface area contributed by atoms with Crippen LogP contribution in [-0.2, 0) is 55.5 Å². The van der Waals surface area contributed by atoms with Crippen LogP contribution < -0.4 is 16.4 Å². The summed E-state index contributed by atoms with van der Waals surface area (Å²) in [6, 6.07) is 0. The minimum atomic E-state index is -5.61. The molecule has 13 N–H and O–H groups in total. The Labute approximate surface area is 320 Å². The summed E-state index contributed by atoms with van der Waals surface area (Å²) in [7, 11) is -16.5. The van der Waals surface area contributed by atoms with Crippen molar-refractivity contribution < 1.29 is 101 Å². The van der Waals surface area contributed by atoms with Crippen molar-refractivity contribution in [2.75, 3.05) is 32.0 Å². The number of phosphoric acid groups is 3. The number of aliphatic hydroxyl groups excluding tert-OH is 2. The number of ketones is 1. The maximum absolute atomic E-state index is 12.6. The summed E-state index contributed by atoms with van der Waals surface area (Å²) in [4.78, 5) is 97.7. The molecule has 2 amide bonds. The Hall–Kier alpha value is -3.40. The van der Waals surface area contributed by atoms with E-state index in [4.69, 9.17) is 24.6 Å². The first kappa shape index (κ1) is 48.0. The molecule has 3 heterocycles. The summed E-state index contributed by atoms with van der Waals surface area (Å²) in [5, 5.41) is 53.5. The predicted molar refractivity (Wildman–Crippen MR) is 183 cm³/mol. The van der Waals surface area contributed by atoms with Crippen LogP contribution in [0, 0.1) is 5.41 Å². The maximum atomic E-state index is 12.6. The largest absolute Gasteiger partial charge is 0.481 e. The zero-order valence-corrected chi connectivity index (χ0v) is 32.5. The van der Waals surface area contributed by atoms with Crippen LogP contribution in [0.2, 0.25) is 0 Å². The molecule has 0 saturated carbocycles. The highest BCUT2D eigenvalue weighted by Crippen LogP contribution is 2.61. The molecule has 0 bridgehead atoms. The number of rotatable bonds is 23. The van der Waals surface area contributed by atoms with E-state index in [0.29, 0.717) is 0 Å². The minimum Gasteiger partial charge on any atom is -0.481 e. The van der Waals surface area contributed by atoms with Crippen LogP contribution in [0.5, 0.6) is 0 Å². The second-order valence-electron chi connectivity index (χ2n) is 13.1. The number of carbonyl (C=O) groups is 4. The number of ether oxygens (including phenoxy) is 1. The topological polar surface area (TPSA) is 441 Å². The van der Waals surface area contributed by atoms with Gasteiger partial charge < -0.3 is 66.2 Å². The molecule has 1 saturated heterocycles. The standard InChI is InChI=1S/C26H42N7O21P3/c1-25(2,20(39)23(40)29-6-4-15(35)28-5-3-13(34)7-26(41,42)8-16(36)37)10-51-57(48,49)54-56(46,47)50-9-14-19(53-55(43,44)45)18(38)24(52-14)33-12-32-17-21(27)30-11-31-22(17)33/h11-12,14,18-20,24,38-39,41-42H,3-10H2,1-2H3,(H,28,35)(H,29,40)(H,36,37)(H,46,47)(H,48,49)(H2,27,30,31)(H2,43,44,45). The van der Waals surface area contributed by atoms with E-state index in [9.17, 15) is 72.9 Å². The van der Waals surface area contributed by atoms with Gasteiger partial charge in [-0.1, -0.05) is 13.8 Å². The molecule has 1 aliphatic heterocycles. The van der Waals surface area contributed by atoms with Crippen LogP contribution in [0.1, 0.15) is 45.8 Å². The number of phosphoric ester groups is 3. The molecule has 31 heteroatoms. The maximum Gasteiger partial charge on any atom is 0.481 e. The Morgan fingerprint density at radius 1 is 0.982 bits per heavy atom. The van der Waals surface area contributed by atoms with Crippen molar-refractivity contribution in [3.63, 3.8) is 0 Å². The number of carbonyl (C=O) groups excluding carboxylic acids is 3. The quantitative estimate of drug-likeness (QED) is 0.0389. The predicted octanol–water partition coefficient (Wildman–Crippen LogP) is -3.09. The van der Waals surface area contributed by atoms with Crippen molar-refractivity contribution in [2.45, 2.75) is 76.0 Å². The molecule has 28 nitrogen and oxygen atoms in total. The number of nitrogens with two attached hydrogens (primary N) is 1. The molecule has 322 valence electrons. The summed E-state index contributed by atoms with van der Waals surface area (Å²) in [5.41, 5.74) is 4.12. The van der Waals surface area contributed by atoms with Gasteiger partial charge in [0, 0.05) is 31.3 Å².